The van der Waals surface area contributed by atoms with Crippen LogP contribution in [0.15, 0.2) is 84.0 Å². The van der Waals surface area contributed by atoms with Gasteiger partial charge in [0.15, 0.2) is 0 Å². The number of aryl methyl sites for hydroxylation is 1. The molecule has 0 bridgehead atoms. The highest BCUT2D eigenvalue weighted by Gasteiger charge is 2.16. The first-order valence-electron chi connectivity index (χ1n) is 10.2. The highest BCUT2D eigenvalue weighted by molar-refractivity contribution is 7.86. The summed E-state index contributed by atoms with van der Waals surface area (Å²) in [5.74, 6) is 0.661. The maximum atomic E-state index is 12.3. The van der Waals surface area contributed by atoms with Crippen LogP contribution in [0.3, 0.4) is 0 Å². The van der Waals surface area contributed by atoms with E-state index in [4.69, 9.17) is 13.7 Å². The van der Waals surface area contributed by atoms with E-state index in [0.29, 0.717) is 31.8 Å². The molecule has 1 atom stereocenters. The van der Waals surface area contributed by atoms with Gasteiger partial charge in [-0.3, -0.25) is 9.17 Å². The molecule has 0 saturated heterocycles. The van der Waals surface area contributed by atoms with Crippen molar-refractivity contribution in [1.29, 1.82) is 0 Å². The second-order valence-corrected chi connectivity index (χ2v) is 8.77. The summed E-state index contributed by atoms with van der Waals surface area (Å²) in [5.41, 5.74) is 2.05. The maximum absolute atomic E-state index is 12.3. The Labute approximate surface area is 183 Å². The number of ether oxygens (including phenoxy) is 2. The van der Waals surface area contributed by atoms with E-state index in [1.807, 2.05) is 43.3 Å². The minimum absolute atomic E-state index is 0.0777. The predicted octanol–water partition coefficient (Wildman–Crippen LogP) is 4.54. The van der Waals surface area contributed by atoms with Crippen LogP contribution in [-0.4, -0.2) is 32.7 Å². The minimum Gasteiger partial charge on any atom is -0.489 e. The van der Waals surface area contributed by atoms with E-state index in [1.54, 1.807) is 42.7 Å². The first kappa shape index (κ1) is 22.9. The lowest BCUT2D eigenvalue weighted by molar-refractivity contribution is 0.00175. The summed E-state index contributed by atoms with van der Waals surface area (Å²) in [6, 6.07) is 20.1. The lowest BCUT2D eigenvalue weighted by atomic mass is 10.2. The van der Waals surface area contributed by atoms with Gasteiger partial charge in [0.05, 0.1) is 30.4 Å². The Bertz CT molecular complexity index is 965. The monoisotopic (exact) mass is 441 g/mol. The fourth-order valence-electron chi connectivity index (χ4n) is 2.88. The van der Waals surface area contributed by atoms with Gasteiger partial charge < -0.3 is 9.47 Å². The molecule has 6 nitrogen and oxygen atoms in total. The molecule has 1 heterocycles. The second kappa shape index (κ2) is 11.6. The van der Waals surface area contributed by atoms with Crippen molar-refractivity contribution >= 4 is 10.1 Å². The Morgan fingerprint density at radius 3 is 2.45 bits per heavy atom. The fraction of sp³-hybridized carbons (Fsp3) is 0.292. The molecule has 3 aromatic rings. The van der Waals surface area contributed by atoms with Gasteiger partial charge in [0.2, 0.25) is 0 Å². The van der Waals surface area contributed by atoms with E-state index >= 15 is 0 Å². The van der Waals surface area contributed by atoms with Crippen LogP contribution in [-0.2, 0) is 25.6 Å². The van der Waals surface area contributed by atoms with Crippen LogP contribution in [0.1, 0.15) is 24.0 Å². The van der Waals surface area contributed by atoms with Crippen molar-refractivity contribution in [2.75, 3.05) is 13.2 Å². The van der Waals surface area contributed by atoms with Crippen molar-refractivity contribution in [3.05, 3.63) is 90.3 Å². The molecule has 0 aliphatic carbocycles. The zero-order chi connectivity index (χ0) is 21.9. The van der Waals surface area contributed by atoms with Gasteiger partial charge in [0, 0.05) is 6.20 Å². The first-order chi connectivity index (χ1) is 15.0. The number of aromatic nitrogens is 1. The molecular weight excluding hydrogens is 414 g/mol. The van der Waals surface area contributed by atoms with E-state index < -0.39 is 10.1 Å². The number of benzene rings is 2. The third-order valence-corrected chi connectivity index (χ3v) is 5.94. The van der Waals surface area contributed by atoms with Gasteiger partial charge in [0.25, 0.3) is 10.1 Å². The number of pyridine rings is 1. The third-order valence-electron chi connectivity index (χ3n) is 4.62. The van der Waals surface area contributed by atoms with Crippen molar-refractivity contribution < 1.29 is 22.1 Å². The van der Waals surface area contributed by atoms with Crippen LogP contribution >= 0.6 is 0 Å². The molecule has 0 aliphatic heterocycles. The van der Waals surface area contributed by atoms with E-state index in [2.05, 4.69) is 4.98 Å². The minimum atomic E-state index is -3.77. The molecule has 0 saturated carbocycles. The molecule has 0 amide bonds. The average Bonchev–Trinajstić information content (AvgIpc) is 2.79. The topological polar surface area (TPSA) is 74.7 Å². The van der Waals surface area contributed by atoms with Gasteiger partial charge in [-0.05, 0) is 49.6 Å². The smallest absolute Gasteiger partial charge is 0.296 e. The van der Waals surface area contributed by atoms with Crippen LogP contribution in [0.5, 0.6) is 5.75 Å². The summed E-state index contributed by atoms with van der Waals surface area (Å²) < 4.78 is 41.7. The summed E-state index contributed by atoms with van der Waals surface area (Å²) in [4.78, 5) is 4.20. The molecule has 2 aromatic carbocycles. The highest BCUT2D eigenvalue weighted by Crippen LogP contribution is 2.16. The van der Waals surface area contributed by atoms with Gasteiger partial charge in [-0.1, -0.05) is 48.0 Å². The van der Waals surface area contributed by atoms with Gasteiger partial charge in [0.1, 0.15) is 12.4 Å². The maximum Gasteiger partial charge on any atom is 0.296 e. The molecule has 31 heavy (non-hydrogen) atoms. The first-order valence-corrected chi connectivity index (χ1v) is 11.6. The number of hydrogen-bond donors (Lipinski definition) is 0. The van der Waals surface area contributed by atoms with Crippen molar-refractivity contribution in [2.45, 2.75) is 37.4 Å². The summed E-state index contributed by atoms with van der Waals surface area (Å²) in [5, 5.41) is 0. The highest BCUT2D eigenvalue weighted by atomic mass is 32.2. The Morgan fingerprint density at radius 1 is 0.968 bits per heavy atom. The lowest BCUT2D eigenvalue weighted by Gasteiger charge is -2.19. The Balaban J connectivity index is 1.51. The third kappa shape index (κ3) is 7.79. The number of nitrogens with zero attached hydrogens (tertiary/aromatic N) is 1. The number of rotatable bonds is 12. The van der Waals surface area contributed by atoms with Gasteiger partial charge in [-0.25, -0.2) is 0 Å². The summed E-state index contributed by atoms with van der Waals surface area (Å²) >= 11 is 0. The molecule has 0 fully saturated rings. The molecule has 0 N–H and O–H groups in total. The second-order valence-electron chi connectivity index (χ2n) is 7.15. The summed E-state index contributed by atoms with van der Waals surface area (Å²) in [6.45, 7) is 2.77. The predicted molar refractivity (Wildman–Crippen MR) is 118 cm³/mol. The van der Waals surface area contributed by atoms with Crippen LogP contribution < -0.4 is 4.74 Å². The van der Waals surface area contributed by atoms with Crippen LogP contribution in [0.25, 0.3) is 0 Å². The van der Waals surface area contributed by atoms with Crippen molar-refractivity contribution in [3.63, 3.8) is 0 Å². The largest absolute Gasteiger partial charge is 0.489 e. The van der Waals surface area contributed by atoms with Crippen molar-refractivity contribution in [3.8, 4) is 5.75 Å². The molecule has 3 rings (SSSR count). The lowest BCUT2D eigenvalue weighted by Crippen LogP contribution is -2.22. The zero-order valence-corrected chi connectivity index (χ0v) is 18.3. The van der Waals surface area contributed by atoms with E-state index in [9.17, 15) is 8.42 Å². The molecule has 1 aromatic heterocycles. The Hall–Kier alpha value is -2.74. The molecule has 7 heteroatoms. The average molecular weight is 442 g/mol. The van der Waals surface area contributed by atoms with Gasteiger partial charge in [-0.15, -0.1) is 0 Å². The summed E-state index contributed by atoms with van der Waals surface area (Å²) in [6.07, 6.45) is 4.22. The molecule has 0 spiro atoms. The fourth-order valence-corrected chi connectivity index (χ4v) is 3.82. The Morgan fingerprint density at radius 2 is 1.74 bits per heavy atom. The molecule has 0 aliphatic rings. The van der Waals surface area contributed by atoms with E-state index in [-0.39, 0.29) is 17.6 Å². The number of hydrogen-bond acceptors (Lipinski definition) is 6. The van der Waals surface area contributed by atoms with E-state index in [1.165, 1.54) is 0 Å². The van der Waals surface area contributed by atoms with Crippen LogP contribution in [0.2, 0.25) is 0 Å². The normalized spacial score (nSPS) is 12.4. The van der Waals surface area contributed by atoms with E-state index in [0.717, 1.165) is 11.1 Å². The van der Waals surface area contributed by atoms with Crippen LogP contribution in [0.4, 0.5) is 0 Å². The SMILES string of the molecule is Cc1ccc(S(=O)(=O)OCCCC(COc2cccnc2)OCc2ccccc2)cc1. The van der Waals surface area contributed by atoms with Gasteiger partial charge in [-0.2, -0.15) is 8.42 Å². The quantitative estimate of drug-likeness (QED) is 0.303. The van der Waals surface area contributed by atoms with Crippen molar-refractivity contribution in [2.24, 2.45) is 0 Å². The van der Waals surface area contributed by atoms with Crippen molar-refractivity contribution in [1.82, 2.24) is 4.98 Å². The standard InChI is InChI=1S/C24H27NO5S/c1-20-11-13-24(14-12-20)31(26,27)30-16-6-10-23(19-29-22-9-5-15-25-17-22)28-18-21-7-3-2-4-8-21/h2-5,7-9,11-15,17,23H,6,10,16,18-19H2,1H3. The van der Waals surface area contributed by atoms with Crippen LogP contribution in [0, 0.1) is 6.92 Å². The summed E-state index contributed by atoms with van der Waals surface area (Å²) in [7, 11) is -3.77. The zero-order valence-electron chi connectivity index (χ0n) is 17.5. The molecule has 164 valence electrons. The van der Waals surface area contributed by atoms with Gasteiger partial charge >= 0.3 is 0 Å². The Kier molecular flexibility index (Phi) is 8.58. The molecule has 0 radical (unpaired) electrons. The molecular formula is C24H27NO5S. The molecule has 1 unspecified atom stereocenters.